The molecule has 1 fully saturated rings. The average Bonchev–Trinajstić information content (AvgIpc) is 2.19. The summed E-state index contributed by atoms with van der Waals surface area (Å²) in [6.07, 6.45) is 2.55. The second-order valence-electron chi connectivity index (χ2n) is 1.92. The molecule has 0 spiro atoms. The molecule has 0 aromatic heterocycles. The van der Waals surface area contributed by atoms with Crippen LogP contribution in [-0.2, 0) is 9.47 Å². The summed E-state index contributed by atoms with van der Waals surface area (Å²) < 4.78 is 9.99. The zero-order valence-corrected chi connectivity index (χ0v) is 5.09. The van der Waals surface area contributed by atoms with E-state index in [2.05, 4.69) is 0 Å². The molecule has 0 aromatic rings. The molecule has 2 nitrogen and oxygen atoms in total. The molecule has 1 saturated heterocycles. The summed E-state index contributed by atoms with van der Waals surface area (Å²) in [5.74, 6) is 0. The van der Waals surface area contributed by atoms with E-state index in [4.69, 9.17) is 9.47 Å². The fraction of sp³-hybridized carbons (Fsp3) is 0.833. The first-order valence-electron chi connectivity index (χ1n) is 2.91. The smallest absolute Gasteiger partial charge is 0.112 e. The van der Waals surface area contributed by atoms with Crippen molar-refractivity contribution in [1.29, 1.82) is 0 Å². The first-order valence-corrected chi connectivity index (χ1v) is 2.91. The van der Waals surface area contributed by atoms with Crippen molar-refractivity contribution < 1.29 is 9.47 Å². The van der Waals surface area contributed by atoms with Gasteiger partial charge in [-0.25, -0.2) is 0 Å². The van der Waals surface area contributed by atoms with E-state index in [1.165, 1.54) is 6.42 Å². The van der Waals surface area contributed by atoms with Gasteiger partial charge in [0.2, 0.25) is 0 Å². The maximum atomic E-state index is 5.21. The van der Waals surface area contributed by atoms with Crippen molar-refractivity contribution in [3.8, 4) is 0 Å². The van der Waals surface area contributed by atoms with E-state index in [0.717, 1.165) is 13.0 Å². The topological polar surface area (TPSA) is 18.5 Å². The molecule has 1 atom stereocenters. The lowest BCUT2D eigenvalue weighted by Gasteiger charge is -2.04. The quantitative estimate of drug-likeness (QED) is 0.534. The first-order chi connectivity index (χ1) is 3.93. The highest BCUT2D eigenvalue weighted by Gasteiger charge is 2.14. The van der Waals surface area contributed by atoms with Gasteiger partial charge < -0.3 is 9.47 Å². The monoisotopic (exact) mass is 115 g/mol. The third kappa shape index (κ3) is 1.46. The van der Waals surface area contributed by atoms with Crippen LogP contribution in [0.3, 0.4) is 0 Å². The standard InChI is InChI=1S/C6H11O2/c1-7-5-6-3-2-4-8-6/h5-6H,2-4H2,1H3. The van der Waals surface area contributed by atoms with Gasteiger partial charge in [-0.1, -0.05) is 0 Å². The van der Waals surface area contributed by atoms with Crippen molar-refractivity contribution in [1.82, 2.24) is 0 Å². The summed E-state index contributed by atoms with van der Waals surface area (Å²) in [6, 6.07) is 0. The van der Waals surface area contributed by atoms with Gasteiger partial charge in [0.25, 0.3) is 0 Å². The van der Waals surface area contributed by atoms with Crippen molar-refractivity contribution in [3.05, 3.63) is 6.61 Å². The third-order valence-electron chi connectivity index (χ3n) is 1.25. The van der Waals surface area contributed by atoms with Gasteiger partial charge in [-0.05, 0) is 12.8 Å². The van der Waals surface area contributed by atoms with Crippen molar-refractivity contribution in [3.63, 3.8) is 0 Å². The molecule has 47 valence electrons. The zero-order valence-electron chi connectivity index (χ0n) is 5.09. The molecule has 8 heavy (non-hydrogen) atoms. The third-order valence-corrected chi connectivity index (χ3v) is 1.25. The van der Waals surface area contributed by atoms with Crippen LogP contribution in [0.2, 0.25) is 0 Å². The zero-order chi connectivity index (χ0) is 5.82. The first kappa shape index (κ1) is 6.05. The van der Waals surface area contributed by atoms with Crippen LogP contribution in [0.15, 0.2) is 0 Å². The molecule has 1 radical (unpaired) electrons. The van der Waals surface area contributed by atoms with E-state index in [1.54, 1.807) is 13.7 Å². The van der Waals surface area contributed by atoms with E-state index in [0.29, 0.717) is 0 Å². The van der Waals surface area contributed by atoms with Gasteiger partial charge in [-0.3, -0.25) is 0 Å². The summed E-state index contributed by atoms with van der Waals surface area (Å²) in [7, 11) is 1.65. The Balaban J connectivity index is 2.06. The SMILES string of the molecule is CO[CH]C1CCCO1. The van der Waals surface area contributed by atoms with Crippen LogP contribution in [-0.4, -0.2) is 19.8 Å². The Morgan fingerprint density at radius 3 is 3.12 bits per heavy atom. The molecule has 1 unspecified atom stereocenters. The summed E-state index contributed by atoms with van der Waals surface area (Å²) in [5.41, 5.74) is 0. The highest BCUT2D eigenvalue weighted by atomic mass is 16.5. The molecular formula is C6H11O2. The van der Waals surface area contributed by atoms with E-state index in [-0.39, 0.29) is 6.10 Å². The molecule has 0 aromatic carbocycles. The Bertz CT molecular complexity index is 57.5. The Morgan fingerprint density at radius 1 is 1.75 bits per heavy atom. The van der Waals surface area contributed by atoms with E-state index in [9.17, 15) is 0 Å². The second-order valence-corrected chi connectivity index (χ2v) is 1.92. The molecule has 1 heterocycles. The molecule has 0 saturated carbocycles. The van der Waals surface area contributed by atoms with Crippen LogP contribution >= 0.6 is 0 Å². The Kier molecular flexibility index (Phi) is 2.30. The van der Waals surface area contributed by atoms with E-state index < -0.39 is 0 Å². The molecule has 0 aliphatic carbocycles. The number of rotatable bonds is 2. The molecular weight excluding hydrogens is 104 g/mol. The average molecular weight is 115 g/mol. The molecule has 1 aliphatic rings. The molecule has 0 amide bonds. The predicted molar refractivity (Wildman–Crippen MR) is 30.3 cm³/mol. The summed E-state index contributed by atoms with van der Waals surface area (Å²) in [4.78, 5) is 0. The van der Waals surface area contributed by atoms with Crippen LogP contribution in [0.25, 0.3) is 0 Å². The lowest BCUT2D eigenvalue weighted by molar-refractivity contribution is 0.0801. The molecule has 1 rings (SSSR count). The minimum Gasteiger partial charge on any atom is -0.376 e. The minimum absolute atomic E-state index is 0.264. The van der Waals surface area contributed by atoms with Gasteiger partial charge in [-0.2, -0.15) is 0 Å². The summed E-state index contributed by atoms with van der Waals surface area (Å²) >= 11 is 0. The molecule has 0 bridgehead atoms. The highest BCUT2D eigenvalue weighted by Crippen LogP contribution is 2.13. The number of ether oxygens (including phenoxy) is 2. The normalized spacial score (nSPS) is 28.9. The van der Waals surface area contributed by atoms with Crippen molar-refractivity contribution in [2.45, 2.75) is 18.9 Å². The van der Waals surface area contributed by atoms with Gasteiger partial charge in [0.1, 0.15) is 6.61 Å². The Labute approximate surface area is 49.8 Å². The fourth-order valence-electron chi connectivity index (χ4n) is 0.862. The largest absolute Gasteiger partial charge is 0.376 e. The predicted octanol–water partition coefficient (Wildman–Crippen LogP) is 0.974. The maximum absolute atomic E-state index is 5.21. The fourth-order valence-corrected chi connectivity index (χ4v) is 0.862. The highest BCUT2D eigenvalue weighted by molar-refractivity contribution is 4.71. The second kappa shape index (κ2) is 3.05. The lowest BCUT2D eigenvalue weighted by Crippen LogP contribution is -2.05. The Morgan fingerprint density at radius 2 is 2.62 bits per heavy atom. The lowest BCUT2D eigenvalue weighted by atomic mass is 10.2. The maximum Gasteiger partial charge on any atom is 0.112 e. The summed E-state index contributed by atoms with van der Waals surface area (Å²) in [5, 5.41) is 0. The van der Waals surface area contributed by atoms with Crippen LogP contribution in [0.1, 0.15) is 12.8 Å². The number of hydrogen-bond donors (Lipinski definition) is 0. The number of methoxy groups -OCH3 is 1. The van der Waals surface area contributed by atoms with Crippen LogP contribution < -0.4 is 0 Å². The van der Waals surface area contributed by atoms with Crippen LogP contribution in [0.5, 0.6) is 0 Å². The van der Waals surface area contributed by atoms with Crippen molar-refractivity contribution >= 4 is 0 Å². The molecule has 1 aliphatic heterocycles. The molecule has 0 N–H and O–H groups in total. The van der Waals surface area contributed by atoms with Crippen molar-refractivity contribution in [2.75, 3.05) is 13.7 Å². The van der Waals surface area contributed by atoms with Gasteiger partial charge >= 0.3 is 0 Å². The van der Waals surface area contributed by atoms with Gasteiger partial charge in [-0.15, -0.1) is 0 Å². The number of hydrogen-bond acceptors (Lipinski definition) is 2. The van der Waals surface area contributed by atoms with Gasteiger partial charge in [0.15, 0.2) is 0 Å². The molecule has 2 heteroatoms. The summed E-state index contributed by atoms with van der Waals surface area (Å²) in [6.45, 7) is 2.64. The Hall–Kier alpha value is -0.0800. The van der Waals surface area contributed by atoms with Gasteiger partial charge in [0.05, 0.1) is 6.10 Å². The van der Waals surface area contributed by atoms with Crippen LogP contribution in [0, 0.1) is 6.61 Å². The van der Waals surface area contributed by atoms with Gasteiger partial charge in [0, 0.05) is 13.7 Å². The van der Waals surface area contributed by atoms with Crippen molar-refractivity contribution in [2.24, 2.45) is 0 Å². The van der Waals surface area contributed by atoms with E-state index >= 15 is 0 Å². The van der Waals surface area contributed by atoms with Crippen LogP contribution in [0.4, 0.5) is 0 Å². The van der Waals surface area contributed by atoms with E-state index in [1.807, 2.05) is 0 Å². The minimum atomic E-state index is 0.264.